The van der Waals surface area contributed by atoms with E-state index in [4.69, 9.17) is 11.5 Å². The summed E-state index contributed by atoms with van der Waals surface area (Å²) < 4.78 is 33.8. The molecular formula is C30H36N4O3S. The molecule has 8 heteroatoms. The van der Waals surface area contributed by atoms with Crippen LogP contribution in [0, 0.1) is 0 Å². The van der Waals surface area contributed by atoms with Crippen molar-refractivity contribution >= 4 is 43.6 Å². The van der Waals surface area contributed by atoms with Gasteiger partial charge in [0.1, 0.15) is 10.6 Å². The van der Waals surface area contributed by atoms with Gasteiger partial charge in [0.25, 0.3) is 10.1 Å². The quantitative estimate of drug-likeness (QED) is 0.114. The first-order valence-corrected chi connectivity index (χ1v) is 14.3. The zero-order valence-electron chi connectivity index (χ0n) is 22.0. The summed E-state index contributed by atoms with van der Waals surface area (Å²) in [5.41, 5.74) is 15.8. The molecule has 38 heavy (non-hydrogen) atoms. The van der Waals surface area contributed by atoms with Crippen molar-refractivity contribution < 1.29 is 13.0 Å². The second kappa shape index (κ2) is 13.7. The monoisotopic (exact) mass is 532 g/mol. The lowest BCUT2D eigenvalue weighted by molar-refractivity contribution is 0.482. The summed E-state index contributed by atoms with van der Waals surface area (Å²) in [7, 11) is -4.24. The lowest BCUT2D eigenvalue weighted by Crippen LogP contribution is -2.08. The van der Waals surface area contributed by atoms with Crippen molar-refractivity contribution in [1.82, 2.24) is 0 Å². The molecule has 0 aliphatic heterocycles. The van der Waals surface area contributed by atoms with Crippen LogP contribution in [0.5, 0.6) is 0 Å². The van der Waals surface area contributed by atoms with E-state index in [-0.39, 0.29) is 4.90 Å². The van der Waals surface area contributed by atoms with Gasteiger partial charge in [0.05, 0.1) is 11.4 Å². The van der Waals surface area contributed by atoms with E-state index in [1.165, 1.54) is 0 Å². The van der Waals surface area contributed by atoms with Gasteiger partial charge < -0.3 is 11.5 Å². The maximum atomic E-state index is 12.0. The van der Waals surface area contributed by atoms with Crippen molar-refractivity contribution in [3.63, 3.8) is 0 Å². The van der Waals surface area contributed by atoms with Crippen molar-refractivity contribution in [1.29, 1.82) is 0 Å². The fourth-order valence-corrected chi connectivity index (χ4v) is 5.20. The third-order valence-electron chi connectivity index (χ3n) is 6.12. The highest BCUT2D eigenvalue weighted by molar-refractivity contribution is 7.86. The van der Waals surface area contributed by atoms with Crippen molar-refractivity contribution in [3.8, 4) is 0 Å². The highest BCUT2D eigenvalue weighted by Gasteiger charge is 2.22. The molecule has 0 heterocycles. The first kappa shape index (κ1) is 28.8. The number of benzene rings is 4. The van der Waals surface area contributed by atoms with Gasteiger partial charge in [0, 0.05) is 11.1 Å². The molecule has 0 aliphatic rings. The number of nitrogens with two attached hydrogens (primary N) is 2. The van der Waals surface area contributed by atoms with Crippen LogP contribution in [-0.2, 0) is 23.0 Å². The Morgan fingerprint density at radius 1 is 0.789 bits per heavy atom. The smallest absolute Gasteiger partial charge is 0.295 e. The summed E-state index contributed by atoms with van der Waals surface area (Å²) in [6.07, 6.45) is 5.52. The Kier molecular flexibility index (Phi) is 10.4. The largest absolute Gasteiger partial charge is 0.399 e. The van der Waals surface area contributed by atoms with Crippen molar-refractivity contribution in [2.24, 2.45) is 10.2 Å². The maximum Gasteiger partial charge on any atom is 0.295 e. The SMILES string of the molecule is CCCCc1cc2ccccc2c(S(=O)(=O)O)c1CCCC.Nc1ccc(N=Nc2ccccc2)c(N)c1. The Morgan fingerprint density at radius 3 is 2.11 bits per heavy atom. The number of azo groups is 1. The number of nitrogen functional groups attached to an aromatic ring is 2. The number of hydrogen-bond acceptors (Lipinski definition) is 6. The van der Waals surface area contributed by atoms with E-state index >= 15 is 0 Å². The lowest BCUT2D eigenvalue weighted by atomic mass is 9.94. The van der Waals surface area contributed by atoms with Crippen LogP contribution in [0.3, 0.4) is 0 Å². The minimum absolute atomic E-state index is 0.116. The van der Waals surface area contributed by atoms with E-state index in [0.29, 0.717) is 28.9 Å². The first-order chi connectivity index (χ1) is 18.2. The Labute approximate surface area is 225 Å². The predicted octanol–water partition coefficient (Wildman–Crippen LogP) is 8.04. The fourth-order valence-electron chi connectivity index (χ4n) is 4.20. The summed E-state index contributed by atoms with van der Waals surface area (Å²) in [6.45, 7) is 4.20. The molecule has 7 nitrogen and oxygen atoms in total. The minimum Gasteiger partial charge on any atom is -0.399 e. The number of anilines is 2. The van der Waals surface area contributed by atoms with Gasteiger partial charge in [-0.2, -0.15) is 13.5 Å². The zero-order chi connectivity index (χ0) is 27.5. The van der Waals surface area contributed by atoms with Gasteiger partial charge in [-0.1, -0.05) is 75.2 Å². The maximum absolute atomic E-state index is 12.0. The molecule has 0 aliphatic carbocycles. The van der Waals surface area contributed by atoms with E-state index in [0.717, 1.165) is 54.3 Å². The molecule has 0 bridgehead atoms. The third kappa shape index (κ3) is 7.87. The van der Waals surface area contributed by atoms with Crippen LogP contribution in [0.15, 0.2) is 94.0 Å². The molecule has 5 N–H and O–H groups in total. The van der Waals surface area contributed by atoms with Gasteiger partial charge in [-0.05, 0) is 72.5 Å². The van der Waals surface area contributed by atoms with Crippen molar-refractivity contribution in [2.45, 2.75) is 57.3 Å². The summed E-state index contributed by atoms with van der Waals surface area (Å²) in [4.78, 5) is 0.116. The summed E-state index contributed by atoms with van der Waals surface area (Å²) in [5, 5.41) is 9.63. The summed E-state index contributed by atoms with van der Waals surface area (Å²) >= 11 is 0. The summed E-state index contributed by atoms with van der Waals surface area (Å²) in [5.74, 6) is 0. The molecule has 0 amide bonds. The average molecular weight is 533 g/mol. The van der Waals surface area contributed by atoms with E-state index in [9.17, 15) is 13.0 Å². The van der Waals surface area contributed by atoms with Crippen LogP contribution >= 0.6 is 0 Å². The fraction of sp³-hybridized carbons (Fsp3) is 0.267. The highest BCUT2D eigenvalue weighted by atomic mass is 32.2. The topological polar surface area (TPSA) is 131 Å². The van der Waals surface area contributed by atoms with Crippen LogP contribution in [-0.4, -0.2) is 13.0 Å². The molecule has 4 rings (SSSR count). The Hall–Kier alpha value is -3.75. The van der Waals surface area contributed by atoms with Crippen molar-refractivity contribution in [2.75, 3.05) is 11.5 Å². The molecule has 4 aromatic carbocycles. The van der Waals surface area contributed by atoms with Crippen LogP contribution in [0.2, 0.25) is 0 Å². The molecule has 0 unspecified atom stereocenters. The van der Waals surface area contributed by atoms with Gasteiger partial charge in [-0.3, -0.25) is 4.55 Å². The highest BCUT2D eigenvalue weighted by Crippen LogP contribution is 2.32. The van der Waals surface area contributed by atoms with Crippen molar-refractivity contribution in [3.05, 3.63) is 90.0 Å². The number of nitrogens with zero attached hydrogens (tertiary/aromatic N) is 2. The standard InChI is InChI=1S/C18H24O3S.C12H12N4/c1-3-5-9-14-13-15-10-7-8-12-17(15)18(22(19,20)21)16(14)11-6-4-2;13-9-6-7-12(11(14)8-9)16-15-10-4-2-1-3-5-10/h7-8,10,12-13H,3-6,9,11H2,1-2H3,(H,19,20,21);1-8H,13-14H2. The molecule has 0 radical (unpaired) electrons. The zero-order valence-corrected chi connectivity index (χ0v) is 22.8. The van der Waals surface area contributed by atoms with Crippen LogP contribution in [0.4, 0.5) is 22.7 Å². The Morgan fingerprint density at radius 2 is 1.45 bits per heavy atom. The normalized spacial score (nSPS) is 11.4. The molecule has 0 saturated carbocycles. The number of hydrogen-bond donors (Lipinski definition) is 3. The molecule has 0 fully saturated rings. The van der Waals surface area contributed by atoms with Crippen LogP contribution in [0.25, 0.3) is 10.8 Å². The molecule has 0 aromatic heterocycles. The third-order valence-corrected chi connectivity index (χ3v) is 7.10. The van der Waals surface area contributed by atoms with Gasteiger partial charge >= 0.3 is 0 Å². The Bertz CT molecular complexity index is 1490. The van der Waals surface area contributed by atoms with E-state index < -0.39 is 10.1 Å². The van der Waals surface area contributed by atoms with E-state index in [2.05, 4.69) is 30.1 Å². The van der Waals surface area contributed by atoms with E-state index in [1.807, 2.05) is 48.5 Å². The molecular weight excluding hydrogens is 496 g/mol. The minimum atomic E-state index is -4.24. The number of aryl methyl sites for hydroxylation is 1. The second-order valence-corrected chi connectivity index (χ2v) is 10.5. The molecule has 4 aromatic rings. The van der Waals surface area contributed by atoms with Gasteiger partial charge in [0.15, 0.2) is 0 Å². The Balaban J connectivity index is 0.000000221. The van der Waals surface area contributed by atoms with Crippen LogP contribution < -0.4 is 11.5 Å². The number of fused-ring (bicyclic) bond motifs is 1. The van der Waals surface area contributed by atoms with E-state index in [1.54, 1.807) is 24.3 Å². The number of rotatable bonds is 9. The summed E-state index contributed by atoms with van der Waals surface area (Å²) in [6, 6.07) is 24.1. The van der Waals surface area contributed by atoms with Gasteiger partial charge in [-0.25, -0.2) is 0 Å². The first-order valence-electron chi connectivity index (χ1n) is 12.9. The van der Waals surface area contributed by atoms with Gasteiger partial charge in [-0.15, -0.1) is 5.11 Å². The van der Waals surface area contributed by atoms with Crippen LogP contribution in [0.1, 0.15) is 50.7 Å². The molecule has 0 saturated heterocycles. The van der Waals surface area contributed by atoms with Gasteiger partial charge in [0.2, 0.25) is 0 Å². The lowest BCUT2D eigenvalue weighted by Gasteiger charge is -2.16. The predicted molar refractivity (Wildman–Crippen MR) is 157 cm³/mol. The average Bonchev–Trinajstić information content (AvgIpc) is 2.90. The number of unbranched alkanes of at least 4 members (excludes halogenated alkanes) is 2. The molecule has 0 spiro atoms. The molecule has 200 valence electrons. The molecule has 0 atom stereocenters. The second-order valence-electron chi connectivity index (χ2n) is 9.10.